The van der Waals surface area contributed by atoms with Crippen molar-refractivity contribution >= 4 is 37.5 Å². The van der Waals surface area contributed by atoms with Crippen LogP contribution < -0.4 is 0 Å². The molecule has 3 aromatic rings. The third kappa shape index (κ3) is 3.69. The van der Waals surface area contributed by atoms with Gasteiger partial charge in [0.05, 0.1) is 10.2 Å². The van der Waals surface area contributed by atoms with Crippen molar-refractivity contribution in [3.8, 4) is 0 Å². The summed E-state index contributed by atoms with van der Waals surface area (Å²) >= 11 is 1.45. The van der Waals surface area contributed by atoms with Crippen LogP contribution in [0.15, 0.2) is 45.9 Å². The van der Waals surface area contributed by atoms with Gasteiger partial charge in [-0.1, -0.05) is 18.6 Å². The fourth-order valence-electron chi connectivity index (χ4n) is 3.13. The monoisotopic (exact) mass is 420 g/mol. The van der Waals surface area contributed by atoms with Crippen LogP contribution in [0.3, 0.4) is 0 Å². The molecule has 0 N–H and O–H groups in total. The number of nitrogens with zero attached hydrogens (tertiary/aromatic N) is 2. The lowest BCUT2D eigenvalue weighted by molar-refractivity contribution is 0.0295. The minimum atomic E-state index is -3.72. The van der Waals surface area contributed by atoms with Gasteiger partial charge in [-0.3, -0.25) is 0 Å². The Hall–Kier alpha value is -2.23. The molecule has 1 saturated heterocycles. The number of fused-ring (bicyclic) bond motifs is 1. The standard InChI is InChI=1S/C19H20N2O5S2/c1-13(18-20-14-7-3-4-8-16(14)27-18)25-19(22)15-9-10-17(26-15)28(23,24)21-11-5-2-6-12-21/h3-4,7-10,13H,2,5-6,11-12H2,1H3. The van der Waals surface area contributed by atoms with Crippen LogP contribution in [0, 0.1) is 0 Å². The molecule has 0 bridgehead atoms. The zero-order valence-corrected chi connectivity index (χ0v) is 17.0. The summed E-state index contributed by atoms with van der Waals surface area (Å²) in [6.45, 7) is 2.67. The van der Waals surface area contributed by atoms with E-state index in [0.29, 0.717) is 18.1 Å². The van der Waals surface area contributed by atoms with Gasteiger partial charge in [-0.15, -0.1) is 11.3 Å². The van der Waals surface area contributed by atoms with Gasteiger partial charge in [0.25, 0.3) is 10.0 Å². The van der Waals surface area contributed by atoms with Crippen molar-refractivity contribution in [2.45, 2.75) is 37.4 Å². The van der Waals surface area contributed by atoms with E-state index in [4.69, 9.17) is 9.15 Å². The number of hydrogen-bond acceptors (Lipinski definition) is 7. The number of furan rings is 1. The number of piperidine rings is 1. The minimum Gasteiger partial charge on any atom is -0.449 e. The topological polar surface area (TPSA) is 89.7 Å². The van der Waals surface area contributed by atoms with Crippen molar-refractivity contribution in [1.29, 1.82) is 0 Å². The lowest BCUT2D eigenvalue weighted by Gasteiger charge is -2.24. The number of aromatic nitrogens is 1. The second-order valence-corrected chi connectivity index (χ2v) is 9.58. The first-order valence-electron chi connectivity index (χ1n) is 9.11. The molecule has 1 unspecified atom stereocenters. The van der Waals surface area contributed by atoms with E-state index >= 15 is 0 Å². The fourth-order valence-corrected chi connectivity index (χ4v) is 5.51. The number of hydrogen-bond donors (Lipinski definition) is 0. The Bertz CT molecular complexity index is 1060. The zero-order valence-electron chi connectivity index (χ0n) is 15.3. The largest absolute Gasteiger partial charge is 0.449 e. The molecule has 28 heavy (non-hydrogen) atoms. The predicted octanol–water partition coefficient (Wildman–Crippen LogP) is 3.98. The first kappa shape index (κ1) is 19.1. The average molecular weight is 421 g/mol. The molecular formula is C19H20N2O5S2. The van der Waals surface area contributed by atoms with E-state index in [0.717, 1.165) is 29.5 Å². The van der Waals surface area contributed by atoms with Crippen molar-refractivity contribution in [2.75, 3.05) is 13.1 Å². The Morgan fingerprint density at radius 1 is 1.18 bits per heavy atom. The van der Waals surface area contributed by atoms with Crippen LogP contribution in [-0.4, -0.2) is 36.8 Å². The molecule has 1 fully saturated rings. The average Bonchev–Trinajstić information content (AvgIpc) is 3.36. The van der Waals surface area contributed by atoms with Crippen molar-refractivity contribution in [3.63, 3.8) is 0 Å². The molecular weight excluding hydrogens is 400 g/mol. The molecule has 1 aromatic carbocycles. The molecule has 148 valence electrons. The maximum atomic E-state index is 12.6. The van der Waals surface area contributed by atoms with Crippen LogP contribution in [0.5, 0.6) is 0 Å². The van der Waals surface area contributed by atoms with Crippen LogP contribution in [0.2, 0.25) is 0 Å². The van der Waals surface area contributed by atoms with E-state index in [1.54, 1.807) is 6.92 Å². The summed E-state index contributed by atoms with van der Waals surface area (Å²) in [5, 5.41) is 0.441. The molecule has 1 aliphatic heterocycles. The number of carbonyl (C=O) groups excluding carboxylic acids is 1. The van der Waals surface area contributed by atoms with Crippen molar-refractivity contribution in [2.24, 2.45) is 0 Å². The summed E-state index contributed by atoms with van der Waals surface area (Å²) in [6, 6.07) is 10.3. The Labute approximate surface area is 167 Å². The zero-order chi connectivity index (χ0) is 19.7. The number of rotatable bonds is 5. The molecule has 7 nitrogen and oxygen atoms in total. The van der Waals surface area contributed by atoms with Gasteiger partial charge in [-0.25, -0.2) is 18.2 Å². The summed E-state index contributed by atoms with van der Waals surface area (Å²) in [7, 11) is -3.72. The smallest absolute Gasteiger partial charge is 0.374 e. The molecule has 0 amide bonds. The van der Waals surface area contributed by atoms with Gasteiger partial charge < -0.3 is 9.15 Å². The maximum absolute atomic E-state index is 12.6. The highest BCUT2D eigenvalue weighted by atomic mass is 32.2. The van der Waals surface area contributed by atoms with Gasteiger partial charge in [-0.2, -0.15) is 4.31 Å². The molecule has 1 atom stereocenters. The van der Waals surface area contributed by atoms with Gasteiger partial charge in [0.2, 0.25) is 10.9 Å². The summed E-state index contributed by atoms with van der Waals surface area (Å²) in [4.78, 5) is 16.9. The fraction of sp³-hybridized carbons (Fsp3) is 0.368. The number of thiazole rings is 1. The second kappa shape index (κ2) is 7.65. The molecule has 0 saturated carbocycles. The molecule has 4 rings (SSSR count). The second-order valence-electron chi connectivity index (χ2n) is 6.65. The summed E-state index contributed by atoms with van der Waals surface area (Å²) in [5.41, 5.74) is 0.846. The lowest BCUT2D eigenvalue weighted by atomic mass is 10.2. The first-order chi connectivity index (χ1) is 13.4. The van der Waals surface area contributed by atoms with E-state index in [-0.39, 0.29) is 10.9 Å². The van der Waals surface area contributed by atoms with E-state index in [1.165, 1.54) is 27.8 Å². The number of sulfonamides is 1. The number of benzene rings is 1. The van der Waals surface area contributed by atoms with E-state index < -0.39 is 22.1 Å². The lowest BCUT2D eigenvalue weighted by Crippen LogP contribution is -2.35. The minimum absolute atomic E-state index is 0.136. The first-order valence-corrected chi connectivity index (χ1v) is 11.4. The van der Waals surface area contributed by atoms with E-state index in [2.05, 4.69) is 4.98 Å². The number of ether oxygens (including phenoxy) is 1. The number of esters is 1. The molecule has 9 heteroatoms. The maximum Gasteiger partial charge on any atom is 0.374 e. The van der Waals surface area contributed by atoms with Crippen LogP contribution in [0.4, 0.5) is 0 Å². The van der Waals surface area contributed by atoms with Crippen molar-refractivity contribution < 1.29 is 22.4 Å². The predicted molar refractivity (Wildman–Crippen MR) is 105 cm³/mol. The van der Waals surface area contributed by atoms with E-state index in [1.807, 2.05) is 24.3 Å². The van der Waals surface area contributed by atoms with Gasteiger partial charge in [0.15, 0.2) is 6.10 Å². The molecule has 0 spiro atoms. The third-order valence-electron chi connectivity index (χ3n) is 4.63. The van der Waals surface area contributed by atoms with Gasteiger partial charge in [0, 0.05) is 13.1 Å². The summed E-state index contributed by atoms with van der Waals surface area (Å²) in [5.74, 6) is -0.851. The Morgan fingerprint density at radius 3 is 2.68 bits per heavy atom. The van der Waals surface area contributed by atoms with Crippen molar-refractivity contribution in [3.05, 3.63) is 47.2 Å². The highest BCUT2D eigenvalue weighted by molar-refractivity contribution is 7.89. The quantitative estimate of drug-likeness (QED) is 0.580. The Balaban J connectivity index is 1.48. The molecule has 2 aromatic heterocycles. The highest BCUT2D eigenvalue weighted by Gasteiger charge is 2.30. The van der Waals surface area contributed by atoms with Crippen LogP contribution in [-0.2, 0) is 14.8 Å². The SMILES string of the molecule is CC(OC(=O)c1ccc(S(=O)(=O)N2CCCCC2)o1)c1nc2ccccc2s1. The van der Waals surface area contributed by atoms with Gasteiger partial charge in [-0.05, 0) is 44.0 Å². The Morgan fingerprint density at radius 2 is 1.93 bits per heavy atom. The molecule has 0 aliphatic carbocycles. The Kier molecular flexibility index (Phi) is 5.22. The van der Waals surface area contributed by atoms with Gasteiger partial charge in [0.1, 0.15) is 5.01 Å². The van der Waals surface area contributed by atoms with Crippen LogP contribution >= 0.6 is 11.3 Å². The summed E-state index contributed by atoms with van der Waals surface area (Å²) < 4.78 is 38.4. The van der Waals surface area contributed by atoms with Crippen molar-refractivity contribution in [1.82, 2.24) is 9.29 Å². The van der Waals surface area contributed by atoms with Gasteiger partial charge >= 0.3 is 5.97 Å². The molecule has 3 heterocycles. The number of carbonyl (C=O) groups is 1. The van der Waals surface area contributed by atoms with E-state index in [9.17, 15) is 13.2 Å². The highest BCUT2D eigenvalue weighted by Crippen LogP contribution is 2.29. The van der Waals surface area contributed by atoms with Crippen LogP contribution in [0.1, 0.15) is 47.9 Å². The normalized spacial score (nSPS) is 16.9. The number of para-hydroxylation sites is 1. The molecule has 1 aliphatic rings. The third-order valence-corrected chi connectivity index (χ3v) is 7.60. The van der Waals surface area contributed by atoms with Crippen LogP contribution in [0.25, 0.3) is 10.2 Å². The molecule has 0 radical (unpaired) electrons. The summed E-state index contributed by atoms with van der Waals surface area (Å²) in [6.07, 6.45) is 2.10.